The number of pyridine rings is 1. The van der Waals surface area contributed by atoms with Crippen LogP contribution in [0, 0.1) is 11.6 Å². The van der Waals surface area contributed by atoms with E-state index in [1.807, 2.05) is 12.1 Å². The summed E-state index contributed by atoms with van der Waals surface area (Å²) in [5.41, 5.74) is 3.24. The maximum atomic E-state index is 14.4. The van der Waals surface area contributed by atoms with Gasteiger partial charge in [-0.1, -0.05) is 6.07 Å². The molecule has 7 heteroatoms. The van der Waals surface area contributed by atoms with E-state index in [2.05, 4.69) is 20.9 Å². The van der Waals surface area contributed by atoms with Crippen molar-refractivity contribution in [3.8, 4) is 0 Å². The Morgan fingerprint density at radius 3 is 2.79 bits per heavy atom. The fourth-order valence-corrected chi connectivity index (χ4v) is 3.09. The lowest BCUT2D eigenvalue weighted by Gasteiger charge is -2.09. The quantitative estimate of drug-likeness (QED) is 0.544. The van der Waals surface area contributed by atoms with E-state index in [0.29, 0.717) is 34.7 Å². The lowest BCUT2D eigenvalue weighted by atomic mass is 10.1. The van der Waals surface area contributed by atoms with E-state index >= 15 is 0 Å². The average molecular weight is 392 g/mol. The molecule has 0 saturated heterocycles. The minimum atomic E-state index is -0.432. The molecule has 29 heavy (non-hydrogen) atoms. The van der Waals surface area contributed by atoms with Crippen molar-refractivity contribution in [1.29, 1.82) is 0 Å². The van der Waals surface area contributed by atoms with Crippen LogP contribution in [0.2, 0.25) is 0 Å². The predicted molar refractivity (Wildman–Crippen MR) is 109 cm³/mol. The smallest absolute Gasteiger partial charge is 0.257 e. The van der Waals surface area contributed by atoms with Crippen LogP contribution in [-0.4, -0.2) is 17.4 Å². The monoisotopic (exact) mass is 392 g/mol. The summed E-state index contributed by atoms with van der Waals surface area (Å²) in [6, 6.07) is 12.6. The Morgan fingerprint density at radius 2 is 2.00 bits per heavy atom. The number of nitrogens with one attached hydrogen (secondary N) is 3. The maximum absolute atomic E-state index is 14.4. The Bertz CT molecular complexity index is 1080. The molecule has 1 aromatic heterocycles. The van der Waals surface area contributed by atoms with E-state index in [9.17, 15) is 13.6 Å². The lowest BCUT2D eigenvalue weighted by Crippen LogP contribution is -2.07. The van der Waals surface area contributed by atoms with Crippen LogP contribution in [0.4, 0.5) is 25.8 Å². The summed E-state index contributed by atoms with van der Waals surface area (Å²) in [6.07, 6.45) is 5.67. The Labute approximate surface area is 166 Å². The van der Waals surface area contributed by atoms with E-state index in [0.717, 1.165) is 12.0 Å². The third-order valence-electron chi connectivity index (χ3n) is 4.57. The number of benzene rings is 2. The lowest BCUT2D eigenvalue weighted by molar-refractivity contribution is -0.110. The fourth-order valence-electron chi connectivity index (χ4n) is 3.09. The maximum Gasteiger partial charge on any atom is 0.257 e. The van der Waals surface area contributed by atoms with Crippen molar-refractivity contribution in [2.45, 2.75) is 6.42 Å². The summed E-state index contributed by atoms with van der Waals surface area (Å²) in [7, 11) is 0. The van der Waals surface area contributed by atoms with E-state index in [1.165, 1.54) is 30.5 Å². The number of carbonyl (C=O) groups is 1. The van der Waals surface area contributed by atoms with Gasteiger partial charge in [0.2, 0.25) is 0 Å². The highest BCUT2D eigenvalue weighted by Gasteiger charge is 2.24. The summed E-state index contributed by atoms with van der Waals surface area (Å²) in [4.78, 5) is 16.1. The van der Waals surface area contributed by atoms with Gasteiger partial charge in [0.15, 0.2) is 0 Å². The minimum absolute atomic E-state index is 0.290. The number of anilines is 3. The number of halogens is 2. The molecule has 1 amide bonds. The zero-order chi connectivity index (χ0) is 20.2. The van der Waals surface area contributed by atoms with Gasteiger partial charge in [-0.05, 0) is 54.4 Å². The second-order valence-corrected chi connectivity index (χ2v) is 6.58. The van der Waals surface area contributed by atoms with Gasteiger partial charge in [0.25, 0.3) is 5.91 Å². The predicted octanol–water partition coefficient (Wildman–Crippen LogP) is 4.42. The Balaban J connectivity index is 1.42. The molecule has 0 saturated carbocycles. The van der Waals surface area contributed by atoms with Crippen LogP contribution in [0.5, 0.6) is 0 Å². The van der Waals surface area contributed by atoms with Gasteiger partial charge < -0.3 is 16.0 Å². The van der Waals surface area contributed by atoms with Crippen LogP contribution in [0.15, 0.2) is 67.1 Å². The third kappa shape index (κ3) is 4.24. The van der Waals surface area contributed by atoms with Crippen molar-refractivity contribution in [1.82, 2.24) is 4.98 Å². The molecule has 0 unspecified atom stereocenters. The number of aromatic nitrogens is 1. The standard InChI is InChI=1S/C22H18F2N4O/c23-15-3-5-20-17(10-15)18(22(29)28-20)13-27-16-4-6-21(19(24)11-16)26-9-7-14-2-1-8-25-12-14/h1-6,8,10-13,26-27H,7,9H2,(H,28,29). The molecule has 3 N–H and O–H groups in total. The van der Waals surface area contributed by atoms with Gasteiger partial charge in [-0.2, -0.15) is 0 Å². The van der Waals surface area contributed by atoms with E-state index < -0.39 is 11.6 Å². The number of amides is 1. The first-order chi connectivity index (χ1) is 14.1. The molecular weight excluding hydrogens is 374 g/mol. The number of hydrogen-bond donors (Lipinski definition) is 3. The Hall–Kier alpha value is -3.74. The van der Waals surface area contributed by atoms with Gasteiger partial charge in [-0.25, -0.2) is 8.78 Å². The largest absolute Gasteiger partial charge is 0.382 e. The highest BCUT2D eigenvalue weighted by molar-refractivity contribution is 6.31. The zero-order valence-corrected chi connectivity index (χ0v) is 15.4. The Kier molecular flexibility index (Phi) is 5.20. The van der Waals surface area contributed by atoms with Crippen LogP contribution >= 0.6 is 0 Å². The second kappa shape index (κ2) is 8.10. The third-order valence-corrected chi connectivity index (χ3v) is 4.57. The molecule has 146 valence electrons. The van der Waals surface area contributed by atoms with Crippen LogP contribution in [0.25, 0.3) is 5.57 Å². The molecule has 5 nitrogen and oxygen atoms in total. The number of carbonyl (C=O) groups excluding carboxylic acids is 1. The van der Waals surface area contributed by atoms with Crippen LogP contribution in [-0.2, 0) is 11.2 Å². The second-order valence-electron chi connectivity index (χ2n) is 6.58. The molecule has 2 heterocycles. The normalized spacial score (nSPS) is 13.9. The molecule has 2 aromatic carbocycles. The van der Waals surface area contributed by atoms with Gasteiger partial charge in [0.05, 0.1) is 11.3 Å². The van der Waals surface area contributed by atoms with Crippen molar-refractivity contribution in [2.24, 2.45) is 0 Å². The first-order valence-electron chi connectivity index (χ1n) is 9.10. The van der Waals surface area contributed by atoms with Crippen LogP contribution in [0.1, 0.15) is 11.1 Å². The summed E-state index contributed by atoms with van der Waals surface area (Å²) in [5.74, 6) is -1.19. The molecule has 1 aliphatic heterocycles. The fraction of sp³-hybridized carbons (Fsp3) is 0.0909. The van der Waals surface area contributed by atoms with Crippen molar-refractivity contribution in [3.05, 3.63) is 89.9 Å². The van der Waals surface area contributed by atoms with Gasteiger partial charge in [0.1, 0.15) is 11.6 Å². The number of rotatable bonds is 6. The number of hydrogen-bond acceptors (Lipinski definition) is 4. The summed E-state index contributed by atoms with van der Waals surface area (Å²) >= 11 is 0. The van der Waals surface area contributed by atoms with Crippen molar-refractivity contribution >= 4 is 28.5 Å². The van der Waals surface area contributed by atoms with Crippen molar-refractivity contribution in [3.63, 3.8) is 0 Å². The molecule has 4 rings (SSSR count). The molecular formula is C22H18F2N4O. The SMILES string of the molecule is O=C1Nc2ccc(F)cc2C1=CNc1ccc(NCCc2cccnc2)c(F)c1. The molecule has 0 radical (unpaired) electrons. The summed E-state index contributed by atoms with van der Waals surface area (Å²) in [5, 5.41) is 8.63. The molecule has 0 atom stereocenters. The highest BCUT2D eigenvalue weighted by atomic mass is 19.1. The summed E-state index contributed by atoms with van der Waals surface area (Å²) < 4.78 is 27.9. The molecule has 3 aromatic rings. The van der Waals surface area contributed by atoms with Crippen LogP contribution in [0.3, 0.4) is 0 Å². The number of fused-ring (bicyclic) bond motifs is 1. The van der Waals surface area contributed by atoms with E-state index in [4.69, 9.17) is 0 Å². The molecule has 0 spiro atoms. The van der Waals surface area contributed by atoms with Crippen molar-refractivity contribution in [2.75, 3.05) is 22.5 Å². The van der Waals surface area contributed by atoms with Gasteiger partial charge in [-0.15, -0.1) is 0 Å². The Morgan fingerprint density at radius 1 is 1.10 bits per heavy atom. The molecule has 0 fully saturated rings. The first kappa shape index (κ1) is 18.6. The van der Waals surface area contributed by atoms with E-state index in [-0.39, 0.29) is 5.91 Å². The minimum Gasteiger partial charge on any atom is -0.382 e. The van der Waals surface area contributed by atoms with Crippen LogP contribution < -0.4 is 16.0 Å². The van der Waals surface area contributed by atoms with E-state index in [1.54, 1.807) is 24.5 Å². The number of nitrogens with zero attached hydrogens (tertiary/aromatic N) is 1. The first-order valence-corrected chi connectivity index (χ1v) is 9.10. The highest BCUT2D eigenvalue weighted by Crippen LogP contribution is 2.32. The zero-order valence-electron chi connectivity index (χ0n) is 15.4. The molecule has 0 aliphatic carbocycles. The topological polar surface area (TPSA) is 66.1 Å². The van der Waals surface area contributed by atoms with Gasteiger partial charge >= 0.3 is 0 Å². The van der Waals surface area contributed by atoms with Crippen molar-refractivity contribution < 1.29 is 13.6 Å². The average Bonchev–Trinajstić information content (AvgIpc) is 3.03. The van der Waals surface area contributed by atoms with Gasteiger partial charge in [-0.3, -0.25) is 9.78 Å². The summed E-state index contributed by atoms with van der Waals surface area (Å²) in [6.45, 7) is 0.571. The molecule has 0 bridgehead atoms. The molecule has 1 aliphatic rings. The van der Waals surface area contributed by atoms with Gasteiger partial charge in [0, 0.05) is 42.1 Å².